The quantitative estimate of drug-likeness (QED) is 0.625. The van der Waals surface area contributed by atoms with Crippen LogP contribution in [0.15, 0.2) is 42.5 Å². The van der Waals surface area contributed by atoms with E-state index in [4.69, 9.17) is 21.1 Å². The van der Waals surface area contributed by atoms with Crippen molar-refractivity contribution in [3.8, 4) is 11.5 Å². The van der Waals surface area contributed by atoms with Crippen molar-refractivity contribution in [3.63, 3.8) is 0 Å². The number of nitrogens with one attached hydrogen (secondary N) is 1. The molecule has 31 heavy (non-hydrogen) atoms. The van der Waals surface area contributed by atoms with Crippen molar-refractivity contribution in [2.45, 2.75) is 45.2 Å². The number of hydrogen-bond acceptors (Lipinski definition) is 4. The van der Waals surface area contributed by atoms with E-state index in [1.54, 1.807) is 12.1 Å². The molecule has 2 aliphatic rings. The predicted octanol–water partition coefficient (Wildman–Crippen LogP) is 5.37. The molecule has 4 rings (SSSR count). The summed E-state index contributed by atoms with van der Waals surface area (Å²) in [6.07, 6.45) is 4.78. The molecule has 0 saturated carbocycles. The number of amides is 2. The Morgan fingerprint density at radius 2 is 1.97 bits per heavy atom. The number of halogens is 1. The highest BCUT2D eigenvalue weighted by molar-refractivity contribution is 6.30. The van der Waals surface area contributed by atoms with Gasteiger partial charge in [-0.05, 0) is 74.7 Å². The standard InChI is InChI=1S/C24H30ClN3O3/c1-18-5-2-3-12-27(18)13-4-14-28(24(29)26-21-9-7-20(25)8-10-21)16-19-6-11-22-23(15-19)31-17-30-22/h6-11,15,18H,2-5,12-14,16-17H2,1H3,(H,26,29). The molecule has 2 heterocycles. The fraction of sp³-hybridized carbons (Fsp3) is 0.458. The summed E-state index contributed by atoms with van der Waals surface area (Å²) in [4.78, 5) is 17.5. The lowest BCUT2D eigenvalue weighted by molar-refractivity contribution is 0.150. The van der Waals surface area contributed by atoms with E-state index in [9.17, 15) is 4.79 Å². The summed E-state index contributed by atoms with van der Waals surface area (Å²) in [5.41, 5.74) is 1.75. The third-order valence-electron chi connectivity index (χ3n) is 6.01. The molecular formula is C24H30ClN3O3. The van der Waals surface area contributed by atoms with Crippen molar-refractivity contribution in [1.29, 1.82) is 0 Å². The van der Waals surface area contributed by atoms with E-state index in [0.29, 0.717) is 24.2 Å². The summed E-state index contributed by atoms with van der Waals surface area (Å²) in [6, 6.07) is 13.5. The summed E-state index contributed by atoms with van der Waals surface area (Å²) in [5.74, 6) is 1.48. The zero-order valence-electron chi connectivity index (χ0n) is 18.0. The van der Waals surface area contributed by atoms with Gasteiger partial charge >= 0.3 is 6.03 Å². The number of ether oxygens (including phenoxy) is 2. The zero-order chi connectivity index (χ0) is 21.6. The monoisotopic (exact) mass is 443 g/mol. The second-order valence-corrected chi connectivity index (χ2v) is 8.72. The van der Waals surface area contributed by atoms with Crippen molar-refractivity contribution in [2.24, 2.45) is 0 Å². The van der Waals surface area contributed by atoms with Gasteiger partial charge in [-0.2, -0.15) is 0 Å². The number of anilines is 1. The number of hydrogen-bond donors (Lipinski definition) is 1. The minimum Gasteiger partial charge on any atom is -0.454 e. The second-order valence-electron chi connectivity index (χ2n) is 8.28. The first kappa shape index (κ1) is 21.8. The summed E-state index contributed by atoms with van der Waals surface area (Å²) < 4.78 is 10.9. The minimum atomic E-state index is -0.119. The zero-order valence-corrected chi connectivity index (χ0v) is 18.7. The van der Waals surface area contributed by atoms with Gasteiger partial charge in [0.2, 0.25) is 6.79 Å². The molecule has 7 heteroatoms. The Balaban J connectivity index is 1.41. The second kappa shape index (κ2) is 10.2. The third kappa shape index (κ3) is 5.83. The van der Waals surface area contributed by atoms with Crippen molar-refractivity contribution >= 4 is 23.3 Å². The lowest BCUT2D eigenvalue weighted by Gasteiger charge is -2.34. The topological polar surface area (TPSA) is 54.0 Å². The van der Waals surface area contributed by atoms with E-state index >= 15 is 0 Å². The number of piperidine rings is 1. The minimum absolute atomic E-state index is 0.119. The number of carbonyl (C=O) groups is 1. The molecule has 1 N–H and O–H groups in total. The highest BCUT2D eigenvalue weighted by Gasteiger charge is 2.20. The fourth-order valence-corrected chi connectivity index (χ4v) is 4.33. The maximum atomic E-state index is 13.1. The largest absolute Gasteiger partial charge is 0.454 e. The van der Waals surface area contributed by atoms with Gasteiger partial charge in [-0.3, -0.25) is 0 Å². The average Bonchev–Trinajstić information content (AvgIpc) is 3.24. The van der Waals surface area contributed by atoms with Gasteiger partial charge in [0, 0.05) is 36.4 Å². The SMILES string of the molecule is CC1CCCCN1CCCN(Cc1ccc2c(c1)OCO2)C(=O)Nc1ccc(Cl)cc1. The van der Waals surface area contributed by atoms with Crippen molar-refractivity contribution in [1.82, 2.24) is 9.80 Å². The van der Waals surface area contributed by atoms with Gasteiger partial charge in [0.15, 0.2) is 11.5 Å². The number of rotatable bonds is 7. The van der Waals surface area contributed by atoms with Crippen LogP contribution in [0.4, 0.5) is 10.5 Å². The van der Waals surface area contributed by atoms with E-state index in [0.717, 1.165) is 42.3 Å². The Kier molecular flexibility index (Phi) is 7.20. The molecule has 1 fully saturated rings. The van der Waals surface area contributed by atoms with Crippen LogP contribution in [0.25, 0.3) is 0 Å². The van der Waals surface area contributed by atoms with Crippen molar-refractivity contribution in [2.75, 3.05) is 31.7 Å². The van der Waals surface area contributed by atoms with Crippen molar-refractivity contribution < 1.29 is 14.3 Å². The predicted molar refractivity (Wildman–Crippen MR) is 123 cm³/mol. The van der Waals surface area contributed by atoms with E-state index in [-0.39, 0.29) is 12.8 Å². The Bertz CT molecular complexity index is 890. The summed E-state index contributed by atoms with van der Waals surface area (Å²) in [7, 11) is 0. The molecular weight excluding hydrogens is 414 g/mol. The molecule has 2 amide bonds. The number of likely N-dealkylation sites (tertiary alicyclic amines) is 1. The molecule has 2 aromatic carbocycles. The van der Waals surface area contributed by atoms with Crippen LogP contribution in [0.5, 0.6) is 11.5 Å². The molecule has 0 spiro atoms. The molecule has 0 aliphatic carbocycles. The third-order valence-corrected chi connectivity index (χ3v) is 6.26. The highest BCUT2D eigenvalue weighted by atomic mass is 35.5. The van der Waals surface area contributed by atoms with Gasteiger partial charge in [-0.1, -0.05) is 24.1 Å². The highest BCUT2D eigenvalue weighted by Crippen LogP contribution is 2.33. The van der Waals surface area contributed by atoms with E-state index in [1.165, 1.54) is 19.3 Å². The number of benzene rings is 2. The summed E-state index contributed by atoms with van der Waals surface area (Å²) in [5, 5.41) is 3.64. The van der Waals surface area contributed by atoms with E-state index < -0.39 is 0 Å². The number of fused-ring (bicyclic) bond motifs is 1. The van der Waals surface area contributed by atoms with E-state index in [2.05, 4.69) is 17.1 Å². The van der Waals surface area contributed by atoms with Crippen LogP contribution in [-0.4, -0.2) is 48.3 Å². The van der Waals surface area contributed by atoms with Crippen LogP contribution in [0.3, 0.4) is 0 Å². The van der Waals surface area contributed by atoms with Gasteiger partial charge in [0.1, 0.15) is 0 Å². The molecule has 6 nitrogen and oxygen atoms in total. The molecule has 1 atom stereocenters. The van der Waals surface area contributed by atoms with Gasteiger partial charge in [0.25, 0.3) is 0 Å². The Morgan fingerprint density at radius 3 is 2.77 bits per heavy atom. The van der Waals surface area contributed by atoms with Crippen LogP contribution >= 0.6 is 11.6 Å². The molecule has 0 bridgehead atoms. The Labute approximate surface area is 189 Å². The first-order valence-electron chi connectivity index (χ1n) is 11.0. The van der Waals surface area contributed by atoms with Gasteiger partial charge in [-0.25, -0.2) is 4.79 Å². The maximum absolute atomic E-state index is 13.1. The molecule has 166 valence electrons. The Hall–Kier alpha value is -2.44. The van der Waals surface area contributed by atoms with Crippen LogP contribution in [-0.2, 0) is 6.54 Å². The molecule has 2 aromatic rings. The number of carbonyl (C=O) groups excluding carboxylic acids is 1. The fourth-order valence-electron chi connectivity index (χ4n) is 4.20. The van der Waals surface area contributed by atoms with Gasteiger partial charge in [-0.15, -0.1) is 0 Å². The molecule has 0 aromatic heterocycles. The maximum Gasteiger partial charge on any atom is 0.322 e. The van der Waals surface area contributed by atoms with Gasteiger partial charge in [0.05, 0.1) is 0 Å². The lowest BCUT2D eigenvalue weighted by atomic mass is 10.0. The molecule has 0 radical (unpaired) electrons. The van der Waals surface area contributed by atoms with Crippen molar-refractivity contribution in [3.05, 3.63) is 53.1 Å². The van der Waals surface area contributed by atoms with Crippen LogP contribution in [0, 0.1) is 0 Å². The summed E-state index contributed by atoms with van der Waals surface area (Å²) >= 11 is 5.97. The first-order valence-corrected chi connectivity index (χ1v) is 11.4. The molecule has 2 aliphatic heterocycles. The molecule has 1 unspecified atom stereocenters. The molecule has 1 saturated heterocycles. The van der Waals surface area contributed by atoms with E-state index in [1.807, 2.05) is 35.2 Å². The lowest BCUT2D eigenvalue weighted by Crippen LogP contribution is -2.40. The normalized spacial score (nSPS) is 18.1. The number of urea groups is 1. The first-order chi connectivity index (χ1) is 15.1. The number of nitrogens with zero attached hydrogens (tertiary/aromatic N) is 2. The van der Waals surface area contributed by atoms with Crippen LogP contribution < -0.4 is 14.8 Å². The van der Waals surface area contributed by atoms with Crippen LogP contribution in [0.1, 0.15) is 38.2 Å². The van der Waals surface area contributed by atoms with Crippen LogP contribution in [0.2, 0.25) is 5.02 Å². The van der Waals surface area contributed by atoms with Gasteiger partial charge < -0.3 is 24.6 Å². The average molecular weight is 444 g/mol. The smallest absolute Gasteiger partial charge is 0.322 e. The summed E-state index contributed by atoms with van der Waals surface area (Å²) in [6.45, 7) is 5.89. The Morgan fingerprint density at radius 1 is 1.16 bits per heavy atom.